The number of carbonyl (C=O) groups excluding carboxylic acids is 7. The molecule has 10 N–H and O–H groups in total. The molecule has 264 valence electrons. The molecule has 20 heteroatoms. The van der Waals surface area contributed by atoms with Gasteiger partial charge in [-0.15, -0.1) is 12.4 Å². The van der Waals surface area contributed by atoms with Gasteiger partial charge in [0.15, 0.2) is 13.2 Å². The van der Waals surface area contributed by atoms with Crippen molar-refractivity contribution < 1.29 is 52.9 Å². The maximum atomic E-state index is 12.0. The number of rotatable bonds is 5. The molecule has 4 heterocycles. The number of nitrogens with one attached hydrogen (secondary N) is 7. The zero-order valence-corrected chi connectivity index (χ0v) is 25.7. The molecule has 0 radical (unpaired) electrons. The first-order valence-electron chi connectivity index (χ1n) is 13.9. The standard InChI is InChI=1S/C14H14N4O5.C9H10N2O2.C5H6N2O4.CH4.ClH/c19-11-4-9(17-14(22)18-11)13(21)15-5-7-1-2-10-8(3-7)16-12(20)6-23-10;10-4-6-1-2-8-7(3-6)11-9(12)5-13-8;8-3-1-2(4(9)10)6-5(11)7-3;;/h1-3,9H,4-6H2,(H,15,21)(H,16,20)(H2,17,18,19,22);1-3H,4-5,10H2,(H,11,12);2H,1H2,(H,9,10)(H2,6,7,8,11);1H4;1H/t9-;;2-;;/m1.1../s1. The fourth-order valence-electron chi connectivity index (χ4n) is 4.33. The molecule has 49 heavy (non-hydrogen) atoms. The van der Waals surface area contributed by atoms with E-state index in [1.807, 2.05) is 23.5 Å². The molecule has 19 nitrogen and oxygen atoms in total. The number of nitrogens with two attached hydrogens (primary N) is 1. The van der Waals surface area contributed by atoms with E-state index in [0.717, 1.165) is 11.1 Å². The number of fused-ring (bicyclic) bond motifs is 2. The van der Waals surface area contributed by atoms with Crippen LogP contribution >= 0.6 is 12.4 Å². The minimum Gasteiger partial charge on any atom is -0.482 e. The van der Waals surface area contributed by atoms with Crippen LogP contribution in [0.4, 0.5) is 21.0 Å². The van der Waals surface area contributed by atoms with Gasteiger partial charge in [-0.3, -0.25) is 34.6 Å². The summed E-state index contributed by atoms with van der Waals surface area (Å²) < 4.78 is 10.4. The zero-order valence-electron chi connectivity index (χ0n) is 24.9. The summed E-state index contributed by atoms with van der Waals surface area (Å²) in [7, 11) is 0. The molecule has 6 rings (SSSR count). The topological polar surface area (TPSA) is 285 Å². The maximum absolute atomic E-state index is 12.0. The molecule has 2 atom stereocenters. The summed E-state index contributed by atoms with van der Waals surface area (Å²) in [6.45, 7) is 0.723. The Morgan fingerprint density at radius 1 is 0.735 bits per heavy atom. The van der Waals surface area contributed by atoms with Crippen LogP contribution in [0, 0.1) is 0 Å². The molecule has 2 saturated heterocycles. The van der Waals surface area contributed by atoms with Gasteiger partial charge in [0.25, 0.3) is 11.8 Å². The first-order valence-corrected chi connectivity index (χ1v) is 13.9. The predicted molar refractivity (Wildman–Crippen MR) is 173 cm³/mol. The summed E-state index contributed by atoms with van der Waals surface area (Å²) in [4.78, 5) is 88.0. The Kier molecular flexibility index (Phi) is 14.3. The number of aliphatic carboxylic acids is 1. The largest absolute Gasteiger partial charge is 0.482 e. The third-order valence-electron chi connectivity index (χ3n) is 6.57. The lowest BCUT2D eigenvalue weighted by molar-refractivity contribution is -0.141. The van der Waals surface area contributed by atoms with Crippen LogP contribution in [0.15, 0.2) is 36.4 Å². The van der Waals surface area contributed by atoms with E-state index in [1.54, 1.807) is 18.2 Å². The minimum absolute atomic E-state index is 0. The number of hydrogen-bond acceptors (Lipinski definition) is 11. The zero-order chi connectivity index (χ0) is 34.1. The average Bonchev–Trinajstić information content (AvgIpc) is 3.02. The van der Waals surface area contributed by atoms with Crippen LogP contribution in [0.25, 0.3) is 0 Å². The Morgan fingerprint density at radius 3 is 1.69 bits per heavy atom. The molecular formula is C29H35ClN8O11. The number of urea groups is 2. The highest BCUT2D eigenvalue weighted by molar-refractivity contribution is 6.03. The number of halogens is 1. The monoisotopic (exact) mass is 706 g/mol. The van der Waals surface area contributed by atoms with E-state index in [0.29, 0.717) is 29.4 Å². The number of amides is 9. The molecule has 0 saturated carbocycles. The van der Waals surface area contributed by atoms with E-state index in [-0.39, 0.29) is 64.2 Å². The van der Waals surface area contributed by atoms with Crippen LogP contribution in [-0.2, 0) is 41.9 Å². The number of carbonyl (C=O) groups is 8. The van der Waals surface area contributed by atoms with Crippen molar-refractivity contribution in [1.29, 1.82) is 0 Å². The summed E-state index contributed by atoms with van der Waals surface area (Å²) in [6, 6.07) is 7.25. The molecule has 0 spiro atoms. The fraction of sp³-hybridized carbons (Fsp3) is 0.310. The van der Waals surface area contributed by atoms with Crippen molar-refractivity contribution in [2.45, 2.75) is 45.4 Å². The van der Waals surface area contributed by atoms with Crippen LogP contribution in [0.5, 0.6) is 11.5 Å². The number of anilines is 2. The van der Waals surface area contributed by atoms with E-state index < -0.39 is 47.8 Å². The lowest BCUT2D eigenvalue weighted by Gasteiger charge is -2.22. The molecular weight excluding hydrogens is 672 g/mol. The van der Waals surface area contributed by atoms with Gasteiger partial charge < -0.3 is 46.9 Å². The highest BCUT2D eigenvalue weighted by Crippen LogP contribution is 2.29. The molecule has 4 aliphatic heterocycles. The van der Waals surface area contributed by atoms with Gasteiger partial charge in [0.2, 0.25) is 17.7 Å². The Labute approximate surface area is 284 Å². The molecule has 0 bridgehead atoms. The van der Waals surface area contributed by atoms with Crippen molar-refractivity contribution in [1.82, 2.24) is 26.6 Å². The number of hydrogen-bond donors (Lipinski definition) is 9. The van der Waals surface area contributed by atoms with E-state index in [2.05, 4.69) is 31.9 Å². The van der Waals surface area contributed by atoms with Gasteiger partial charge in [-0.05, 0) is 35.4 Å². The van der Waals surface area contributed by atoms with E-state index >= 15 is 0 Å². The second-order valence-corrected chi connectivity index (χ2v) is 10.2. The van der Waals surface area contributed by atoms with Gasteiger partial charge in [0.1, 0.15) is 23.6 Å². The molecule has 9 amide bonds. The van der Waals surface area contributed by atoms with Gasteiger partial charge in [-0.25, -0.2) is 14.4 Å². The van der Waals surface area contributed by atoms with Crippen molar-refractivity contribution in [2.24, 2.45) is 5.73 Å². The quantitative estimate of drug-likeness (QED) is 0.189. The number of imide groups is 2. The van der Waals surface area contributed by atoms with Crippen LogP contribution in [0.1, 0.15) is 31.4 Å². The molecule has 0 aliphatic carbocycles. The molecule has 4 aliphatic rings. The smallest absolute Gasteiger partial charge is 0.326 e. The summed E-state index contributed by atoms with van der Waals surface area (Å²) in [5, 5.41) is 24.8. The summed E-state index contributed by atoms with van der Waals surface area (Å²) in [5.41, 5.74) is 8.43. The van der Waals surface area contributed by atoms with E-state index in [1.165, 1.54) is 0 Å². The van der Waals surface area contributed by atoms with Gasteiger partial charge in [0.05, 0.1) is 24.2 Å². The van der Waals surface area contributed by atoms with Gasteiger partial charge in [-0.2, -0.15) is 0 Å². The van der Waals surface area contributed by atoms with Crippen LogP contribution in [0.3, 0.4) is 0 Å². The third kappa shape index (κ3) is 11.4. The Balaban J connectivity index is 0.000000273. The Morgan fingerprint density at radius 2 is 1.20 bits per heavy atom. The first kappa shape index (κ1) is 39.2. The second-order valence-electron chi connectivity index (χ2n) is 10.2. The Bertz CT molecular complexity index is 1610. The van der Waals surface area contributed by atoms with Crippen molar-refractivity contribution in [3.8, 4) is 11.5 Å². The van der Waals surface area contributed by atoms with Crippen LogP contribution in [-0.4, -0.2) is 78.0 Å². The fourth-order valence-corrected chi connectivity index (χ4v) is 4.33. The summed E-state index contributed by atoms with van der Waals surface area (Å²) in [5.74, 6) is -1.81. The highest BCUT2D eigenvalue weighted by Gasteiger charge is 2.30. The van der Waals surface area contributed by atoms with Crippen molar-refractivity contribution in [3.63, 3.8) is 0 Å². The molecule has 2 fully saturated rings. The molecule has 2 aromatic carbocycles. The predicted octanol–water partition coefficient (Wildman–Crippen LogP) is -0.565. The van der Waals surface area contributed by atoms with Gasteiger partial charge in [0, 0.05) is 13.1 Å². The van der Waals surface area contributed by atoms with Gasteiger partial charge in [-0.1, -0.05) is 19.6 Å². The number of carboxylic acid groups (broad SMARTS) is 1. The summed E-state index contributed by atoms with van der Waals surface area (Å²) >= 11 is 0. The minimum atomic E-state index is -1.20. The van der Waals surface area contributed by atoms with E-state index in [9.17, 15) is 38.4 Å². The molecule has 0 aromatic heterocycles. The first-order chi connectivity index (χ1) is 22.4. The summed E-state index contributed by atoms with van der Waals surface area (Å²) in [6.07, 6.45) is -0.313. The molecule has 2 aromatic rings. The maximum Gasteiger partial charge on any atom is 0.326 e. The van der Waals surface area contributed by atoms with Crippen LogP contribution < -0.4 is 52.4 Å². The lowest BCUT2D eigenvalue weighted by atomic mass is 10.1. The molecule has 0 unspecified atom stereocenters. The SMILES string of the molecule is C.Cl.NCc1ccc2c(c1)NC(=O)CO2.O=C1C[C@H](C(=O)NCc2ccc3c(c2)NC(=O)CO3)NC(=O)N1.O=C1C[C@H](C(=O)O)NC(=O)N1. The normalized spacial score (nSPS) is 18.4. The van der Waals surface area contributed by atoms with Gasteiger partial charge >= 0.3 is 18.0 Å². The number of carboxylic acids is 1. The second kappa shape index (κ2) is 17.8. The van der Waals surface area contributed by atoms with Crippen molar-refractivity contribution in [3.05, 3.63) is 47.5 Å². The highest BCUT2D eigenvalue weighted by atomic mass is 35.5. The van der Waals surface area contributed by atoms with E-state index in [4.69, 9.17) is 20.3 Å². The number of benzene rings is 2. The van der Waals surface area contributed by atoms with Crippen LogP contribution in [0.2, 0.25) is 0 Å². The number of ether oxygens (including phenoxy) is 2. The third-order valence-corrected chi connectivity index (χ3v) is 6.57. The van der Waals surface area contributed by atoms with Crippen molar-refractivity contribution >= 4 is 71.3 Å². The average molecular weight is 707 g/mol. The Hall–Kier alpha value is -5.95. The van der Waals surface area contributed by atoms with Crippen molar-refractivity contribution in [2.75, 3.05) is 23.8 Å². The lowest BCUT2D eigenvalue weighted by Crippen LogP contribution is -2.57.